The molecular formula is C16H14N2O3. The second kappa shape index (κ2) is 5.20. The molecular weight excluding hydrogens is 268 g/mol. The molecule has 5 nitrogen and oxygen atoms in total. The minimum absolute atomic E-state index is 0.0979. The molecule has 0 saturated heterocycles. The number of imidazole rings is 1. The lowest BCUT2D eigenvalue weighted by molar-refractivity contribution is 0.440. The fourth-order valence-corrected chi connectivity index (χ4v) is 2.07. The zero-order valence-corrected chi connectivity index (χ0v) is 11.4. The monoisotopic (exact) mass is 282 g/mol. The number of aromatic hydroxyl groups is 1. The Morgan fingerprint density at radius 1 is 0.952 bits per heavy atom. The van der Waals surface area contributed by atoms with E-state index in [0.29, 0.717) is 11.4 Å². The minimum atomic E-state index is -0.302. The molecule has 21 heavy (non-hydrogen) atoms. The Balaban J connectivity index is 1.89. The standard InChI is InChI=1S/C16H14N2O3/c1-17-11-15(19)18(16(17)20)12-7-9-14(10-8-12)21-13-5-3-2-4-6-13/h2-11,19H,1H3. The van der Waals surface area contributed by atoms with E-state index in [1.807, 2.05) is 30.3 Å². The summed E-state index contributed by atoms with van der Waals surface area (Å²) in [7, 11) is 1.59. The Kier molecular flexibility index (Phi) is 3.23. The number of aromatic nitrogens is 2. The van der Waals surface area contributed by atoms with Crippen molar-refractivity contribution in [2.75, 3.05) is 0 Å². The smallest absolute Gasteiger partial charge is 0.335 e. The lowest BCUT2D eigenvalue weighted by Crippen LogP contribution is -2.20. The first-order chi connectivity index (χ1) is 10.1. The number of nitrogens with zero attached hydrogens (tertiary/aromatic N) is 2. The van der Waals surface area contributed by atoms with Gasteiger partial charge in [0.15, 0.2) is 0 Å². The van der Waals surface area contributed by atoms with Crippen LogP contribution in [0.15, 0.2) is 65.6 Å². The third-order valence-corrected chi connectivity index (χ3v) is 3.11. The zero-order chi connectivity index (χ0) is 14.8. The molecule has 0 amide bonds. The summed E-state index contributed by atoms with van der Waals surface area (Å²) in [5.41, 5.74) is 0.280. The number of hydrogen-bond donors (Lipinski definition) is 1. The van der Waals surface area contributed by atoms with Gasteiger partial charge in [-0.3, -0.25) is 4.57 Å². The Labute approximate surface area is 121 Å². The Hall–Kier alpha value is -2.95. The van der Waals surface area contributed by atoms with Gasteiger partial charge in [-0.05, 0) is 36.4 Å². The van der Waals surface area contributed by atoms with Crippen molar-refractivity contribution in [3.63, 3.8) is 0 Å². The van der Waals surface area contributed by atoms with E-state index in [0.717, 1.165) is 5.75 Å². The van der Waals surface area contributed by atoms with Crippen molar-refractivity contribution in [2.24, 2.45) is 7.05 Å². The van der Waals surface area contributed by atoms with Crippen molar-refractivity contribution in [3.8, 4) is 23.1 Å². The van der Waals surface area contributed by atoms with Gasteiger partial charge in [0.05, 0.1) is 11.9 Å². The molecule has 0 bridgehead atoms. The summed E-state index contributed by atoms with van der Waals surface area (Å²) in [5.74, 6) is 1.30. The number of rotatable bonds is 3. The van der Waals surface area contributed by atoms with Crippen molar-refractivity contribution >= 4 is 0 Å². The third-order valence-electron chi connectivity index (χ3n) is 3.11. The topological polar surface area (TPSA) is 56.4 Å². The summed E-state index contributed by atoms with van der Waals surface area (Å²) >= 11 is 0. The van der Waals surface area contributed by atoms with Crippen molar-refractivity contribution in [1.29, 1.82) is 0 Å². The van der Waals surface area contributed by atoms with Gasteiger partial charge < -0.3 is 9.84 Å². The maximum atomic E-state index is 11.9. The van der Waals surface area contributed by atoms with Crippen LogP contribution in [0.4, 0.5) is 0 Å². The summed E-state index contributed by atoms with van der Waals surface area (Å²) in [6, 6.07) is 16.4. The molecule has 1 N–H and O–H groups in total. The van der Waals surface area contributed by atoms with Gasteiger partial charge >= 0.3 is 5.69 Å². The lowest BCUT2D eigenvalue weighted by Gasteiger charge is -2.07. The highest BCUT2D eigenvalue weighted by molar-refractivity contribution is 5.41. The van der Waals surface area contributed by atoms with Crippen LogP contribution in [0.25, 0.3) is 5.69 Å². The molecule has 0 aliphatic heterocycles. The van der Waals surface area contributed by atoms with E-state index in [-0.39, 0.29) is 11.6 Å². The number of para-hydroxylation sites is 1. The summed E-state index contributed by atoms with van der Waals surface area (Å²) in [4.78, 5) is 11.9. The van der Waals surface area contributed by atoms with Gasteiger partial charge in [0.25, 0.3) is 0 Å². The lowest BCUT2D eigenvalue weighted by atomic mass is 10.3. The number of hydrogen-bond acceptors (Lipinski definition) is 3. The van der Waals surface area contributed by atoms with E-state index in [1.54, 1.807) is 31.3 Å². The Bertz CT molecular complexity index is 802. The second-order valence-corrected chi connectivity index (χ2v) is 4.63. The van der Waals surface area contributed by atoms with Crippen LogP contribution in [0.2, 0.25) is 0 Å². The van der Waals surface area contributed by atoms with Gasteiger partial charge in [-0.25, -0.2) is 9.36 Å². The molecule has 0 fully saturated rings. The van der Waals surface area contributed by atoms with Gasteiger partial charge in [0.1, 0.15) is 11.5 Å². The average Bonchev–Trinajstić information content (AvgIpc) is 2.74. The predicted molar refractivity (Wildman–Crippen MR) is 79.2 cm³/mol. The first-order valence-corrected chi connectivity index (χ1v) is 6.46. The molecule has 0 radical (unpaired) electrons. The molecule has 0 unspecified atom stereocenters. The molecule has 1 aromatic heterocycles. The molecule has 106 valence electrons. The Morgan fingerprint density at radius 2 is 1.57 bits per heavy atom. The fourth-order valence-electron chi connectivity index (χ4n) is 2.07. The highest BCUT2D eigenvalue weighted by Crippen LogP contribution is 2.23. The van der Waals surface area contributed by atoms with Crippen molar-refractivity contribution in [2.45, 2.75) is 0 Å². The van der Waals surface area contributed by atoms with E-state index in [1.165, 1.54) is 15.3 Å². The first-order valence-electron chi connectivity index (χ1n) is 6.46. The SMILES string of the molecule is Cn1cc(O)n(-c2ccc(Oc3ccccc3)cc2)c1=O. The highest BCUT2D eigenvalue weighted by Gasteiger charge is 2.09. The zero-order valence-electron chi connectivity index (χ0n) is 11.4. The molecule has 3 aromatic rings. The molecule has 0 aliphatic carbocycles. The Morgan fingerprint density at radius 3 is 2.14 bits per heavy atom. The fraction of sp³-hybridized carbons (Fsp3) is 0.0625. The molecule has 0 atom stereocenters. The van der Waals surface area contributed by atoms with Gasteiger partial charge in [-0.15, -0.1) is 0 Å². The van der Waals surface area contributed by atoms with Crippen molar-refractivity contribution < 1.29 is 9.84 Å². The molecule has 0 aliphatic rings. The van der Waals surface area contributed by atoms with E-state index < -0.39 is 0 Å². The van der Waals surface area contributed by atoms with E-state index in [9.17, 15) is 9.90 Å². The summed E-state index contributed by atoms with van der Waals surface area (Å²) < 4.78 is 8.23. The third kappa shape index (κ3) is 2.53. The highest BCUT2D eigenvalue weighted by atomic mass is 16.5. The molecule has 5 heteroatoms. The van der Waals surface area contributed by atoms with Gasteiger partial charge in [0.2, 0.25) is 5.88 Å². The van der Waals surface area contributed by atoms with E-state index >= 15 is 0 Å². The molecule has 0 saturated carbocycles. The largest absolute Gasteiger partial charge is 0.493 e. The summed E-state index contributed by atoms with van der Waals surface area (Å²) in [5, 5.41) is 9.78. The summed E-state index contributed by atoms with van der Waals surface area (Å²) in [6.07, 6.45) is 1.37. The number of aryl methyl sites for hydroxylation is 1. The van der Waals surface area contributed by atoms with Crippen LogP contribution in [0.5, 0.6) is 17.4 Å². The van der Waals surface area contributed by atoms with Crippen LogP contribution in [0, 0.1) is 0 Å². The first kappa shape index (κ1) is 13.1. The van der Waals surface area contributed by atoms with Gasteiger partial charge in [-0.1, -0.05) is 18.2 Å². The molecule has 0 spiro atoms. The summed E-state index contributed by atoms with van der Waals surface area (Å²) in [6.45, 7) is 0. The van der Waals surface area contributed by atoms with Crippen molar-refractivity contribution in [1.82, 2.24) is 9.13 Å². The maximum Gasteiger partial charge on any atom is 0.335 e. The maximum absolute atomic E-state index is 11.9. The van der Waals surface area contributed by atoms with Crippen LogP contribution >= 0.6 is 0 Å². The molecule has 2 aromatic carbocycles. The van der Waals surface area contributed by atoms with Crippen LogP contribution < -0.4 is 10.4 Å². The van der Waals surface area contributed by atoms with Crippen LogP contribution in [0.1, 0.15) is 0 Å². The van der Waals surface area contributed by atoms with Crippen LogP contribution in [-0.2, 0) is 7.05 Å². The van der Waals surface area contributed by atoms with E-state index in [4.69, 9.17) is 4.74 Å². The van der Waals surface area contributed by atoms with Crippen LogP contribution in [-0.4, -0.2) is 14.2 Å². The predicted octanol–water partition coefficient (Wildman–Crippen LogP) is 2.67. The van der Waals surface area contributed by atoms with E-state index in [2.05, 4.69) is 0 Å². The number of benzene rings is 2. The van der Waals surface area contributed by atoms with Crippen molar-refractivity contribution in [3.05, 3.63) is 71.3 Å². The minimum Gasteiger partial charge on any atom is -0.493 e. The van der Waals surface area contributed by atoms with Gasteiger partial charge in [0, 0.05) is 7.05 Å². The number of ether oxygens (including phenoxy) is 1. The quantitative estimate of drug-likeness (QED) is 0.803. The van der Waals surface area contributed by atoms with Gasteiger partial charge in [-0.2, -0.15) is 0 Å². The molecule has 1 heterocycles. The average molecular weight is 282 g/mol. The van der Waals surface area contributed by atoms with Crippen LogP contribution in [0.3, 0.4) is 0 Å². The normalized spacial score (nSPS) is 10.5. The molecule has 3 rings (SSSR count). The second-order valence-electron chi connectivity index (χ2n) is 4.63.